The Bertz CT molecular complexity index is 751. The highest BCUT2D eigenvalue weighted by Crippen LogP contribution is 2.30. The topological polar surface area (TPSA) is 51.8 Å². The van der Waals surface area contributed by atoms with Crippen LogP contribution in [0.2, 0.25) is 0 Å². The number of nitrogens with two attached hydrogens (primary N) is 1. The van der Waals surface area contributed by atoms with Crippen LogP contribution in [0.15, 0.2) is 42.6 Å². The Morgan fingerprint density at radius 2 is 1.89 bits per heavy atom. The summed E-state index contributed by atoms with van der Waals surface area (Å²) in [6.07, 6.45) is 1.47. The SMILES string of the molecule is Cc1c(-c2ccc(F)nc2)nc2ccccc2c1N. The normalized spacial score (nSPS) is 10.8. The maximum Gasteiger partial charge on any atom is 0.212 e. The average molecular weight is 253 g/mol. The van der Waals surface area contributed by atoms with E-state index in [1.54, 1.807) is 6.07 Å². The monoisotopic (exact) mass is 253 g/mol. The van der Waals surface area contributed by atoms with E-state index in [1.165, 1.54) is 12.3 Å². The summed E-state index contributed by atoms with van der Waals surface area (Å²) in [5.41, 5.74) is 10.1. The molecule has 0 spiro atoms. The zero-order valence-corrected chi connectivity index (χ0v) is 10.4. The van der Waals surface area contributed by atoms with E-state index in [0.29, 0.717) is 5.69 Å². The average Bonchev–Trinajstić information content (AvgIpc) is 2.44. The van der Waals surface area contributed by atoms with E-state index >= 15 is 0 Å². The van der Waals surface area contributed by atoms with Crippen molar-refractivity contribution in [1.29, 1.82) is 0 Å². The van der Waals surface area contributed by atoms with Crippen LogP contribution in [-0.2, 0) is 0 Å². The van der Waals surface area contributed by atoms with E-state index in [1.807, 2.05) is 31.2 Å². The molecule has 0 aliphatic heterocycles. The zero-order valence-electron chi connectivity index (χ0n) is 10.4. The lowest BCUT2D eigenvalue weighted by Crippen LogP contribution is -1.98. The molecule has 0 unspecified atom stereocenters. The number of para-hydroxylation sites is 1. The molecule has 1 aromatic carbocycles. The highest BCUT2D eigenvalue weighted by Gasteiger charge is 2.11. The Labute approximate surface area is 109 Å². The first kappa shape index (κ1) is 11.6. The molecule has 0 fully saturated rings. The summed E-state index contributed by atoms with van der Waals surface area (Å²) in [4.78, 5) is 8.25. The van der Waals surface area contributed by atoms with Gasteiger partial charge in [0.25, 0.3) is 0 Å². The number of benzene rings is 1. The minimum Gasteiger partial charge on any atom is -0.398 e. The van der Waals surface area contributed by atoms with Crippen molar-refractivity contribution >= 4 is 16.6 Å². The second-order valence-corrected chi connectivity index (χ2v) is 4.39. The van der Waals surface area contributed by atoms with Gasteiger partial charge in [0.05, 0.1) is 11.2 Å². The molecule has 0 saturated heterocycles. The lowest BCUT2D eigenvalue weighted by Gasteiger charge is -2.11. The summed E-state index contributed by atoms with van der Waals surface area (Å²) in [6.45, 7) is 1.91. The Hall–Kier alpha value is -2.49. The van der Waals surface area contributed by atoms with Gasteiger partial charge < -0.3 is 5.73 Å². The molecule has 0 aliphatic rings. The molecule has 2 heterocycles. The minimum atomic E-state index is -0.504. The minimum absolute atomic E-state index is 0.504. The molecule has 0 amide bonds. The van der Waals surface area contributed by atoms with Crippen molar-refractivity contribution in [3.05, 3.63) is 54.1 Å². The van der Waals surface area contributed by atoms with Gasteiger partial charge in [-0.05, 0) is 30.7 Å². The molecular weight excluding hydrogens is 241 g/mol. The summed E-state index contributed by atoms with van der Waals surface area (Å²) < 4.78 is 12.9. The van der Waals surface area contributed by atoms with E-state index in [-0.39, 0.29) is 0 Å². The third kappa shape index (κ3) is 1.91. The Morgan fingerprint density at radius 1 is 1.11 bits per heavy atom. The molecule has 0 atom stereocenters. The van der Waals surface area contributed by atoms with Crippen LogP contribution in [0.1, 0.15) is 5.56 Å². The number of fused-ring (bicyclic) bond motifs is 1. The molecule has 19 heavy (non-hydrogen) atoms. The number of aromatic nitrogens is 2. The number of nitrogen functional groups attached to an aromatic ring is 1. The molecule has 0 bridgehead atoms. The maximum absolute atomic E-state index is 12.9. The van der Waals surface area contributed by atoms with Gasteiger partial charge in [-0.3, -0.25) is 0 Å². The number of halogens is 1. The van der Waals surface area contributed by atoms with Crippen LogP contribution < -0.4 is 5.73 Å². The third-order valence-electron chi connectivity index (χ3n) is 3.19. The standard InChI is InChI=1S/C15H12FN3/c1-9-14(17)11-4-2-3-5-12(11)19-15(9)10-6-7-13(16)18-8-10/h2-8H,1H3,(H2,17,19). The van der Waals surface area contributed by atoms with Crippen molar-refractivity contribution < 1.29 is 4.39 Å². The Kier molecular flexibility index (Phi) is 2.63. The van der Waals surface area contributed by atoms with Crippen molar-refractivity contribution in [1.82, 2.24) is 9.97 Å². The van der Waals surface area contributed by atoms with Gasteiger partial charge in [0.2, 0.25) is 5.95 Å². The summed E-state index contributed by atoms with van der Waals surface area (Å²) >= 11 is 0. The first-order valence-corrected chi connectivity index (χ1v) is 5.93. The maximum atomic E-state index is 12.9. The number of nitrogens with zero attached hydrogens (tertiary/aromatic N) is 2. The third-order valence-corrected chi connectivity index (χ3v) is 3.19. The van der Waals surface area contributed by atoms with Crippen LogP contribution in [0, 0.1) is 12.9 Å². The number of rotatable bonds is 1. The fourth-order valence-corrected chi connectivity index (χ4v) is 2.13. The van der Waals surface area contributed by atoms with E-state index in [4.69, 9.17) is 5.73 Å². The Balaban J connectivity index is 2.29. The van der Waals surface area contributed by atoms with Gasteiger partial charge in [-0.2, -0.15) is 4.39 Å². The predicted molar refractivity (Wildman–Crippen MR) is 74.1 cm³/mol. The quantitative estimate of drug-likeness (QED) is 0.677. The summed E-state index contributed by atoms with van der Waals surface area (Å²) in [7, 11) is 0. The van der Waals surface area contributed by atoms with E-state index in [0.717, 1.165) is 27.7 Å². The molecular formula is C15H12FN3. The highest BCUT2D eigenvalue weighted by atomic mass is 19.1. The van der Waals surface area contributed by atoms with Crippen LogP contribution in [0.3, 0.4) is 0 Å². The number of pyridine rings is 2. The van der Waals surface area contributed by atoms with Crippen LogP contribution >= 0.6 is 0 Å². The molecule has 3 aromatic rings. The highest BCUT2D eigenvalue weighted by molar-refractivity contribution is 5.94. The molecule has 0 saturated carbocycles. The largest absolute Gasteiger partial charge is 0.398 e. The van der Waals surface area contributed by atoms with Crippen molar-refractivity contribution in [2.45, 2.75) is 6.92 Å². The molecule has 2 N–H and O–H groups in total. The first-order valence-electron chi connectivity index (χ1n) is 5.93. The predicted octanol–water partition coefficient (Wildman–Crippen LogP) is 3.33. The van der Waals surface area contributed by atoms with Crippen molar-refractivity contribution in [3.8, 4) is 11.3 Å². The first-order chi connectivity index (χ1) is 9.16. The van der Waals surface area contributed by atoms with Gasteiger partial charge in [-0.15, -0.1) is 0 Å². The van der Waals surface area contributed by atoms with Crippen LogP contribution in [-0.4, -0.2) is 9.97 Å². The second kappa shape index (κ2) is 4.31. The molecule has 94 valence electrons. The molecule has 4 heteroatoms. The fourth-order valence-electron chi connectivity index (χ4n) is 2.13. The van der Waals surface area contributed by atoms with Crippen molar-refractivity contribution in [2.24, 2.45) is 0 Å². The lowest BCUT2D eigenvalue weighted by molar-refractivity contribution is 0.584. The smallest absolute Gasteiger partial charge is 0.212 e. The van der Waals surface area contributed by atoms with Gasteiger partial charge in [0.15, 0.2) is 0 Å². The van der Waals surface area contributed by atoms with E-state index < -0.39 is 5.95 Å². The summed E-state index contributed by atoms with van der Waals surface area (Å²) in [6, 6.07) is 10.7. The number of hydrogen-bond acceptors (Lipinski definition) is 3. The Morgan fingerprint density at radius 3 is 2.63 bits per heavy atom. The zero-order chi connectivity index (χ0) is 13.4. The molecule has 3 rings (SSSR count). The molecule has 2 aromatic heterocycles. The van der Waals surface area contributed by atoms with E-state index in [2.05, 4.69) is 9.97 Å². The van der Waals surface area contributed by atoms with E-state index in [9.17, 15) is 4.39 Å². The molecule has 0 aliphatic carbocycles. The van der Waals surface area contributed by atoms with Gasteiger partial charge in [0.1, 0.15) is 0 Å². The summed E-state index contributed by atoms with van der Waals surface area (Å²) in [5, 5.41) is 0.929. The van der Waals surface area contributed by atoms with Gasteiger partial charge in [-0.1, -0.05) is 18.2 Å². The number of anilines is 1. The second-order valence-electron chi connectivity index (χ2n) is 4.39. The van der Waals surface area contributed by atoms with Gasteiger partial charge in [-0.25, -0.2) is 9.97 Å². The summed E-state index contributed by atoms with van der Waals surface area (Å²) in [5.74, 6) is -0.504. The van der Waals surface area contributed by atoms with Crippen LogP contribution in [0.4, 0.5) is 10.1 Å². The van der Waals surface area contributed by atoms with Crippen LogP contribution in [0.25, 0.3) is 22.2 Å². The number of hydrogen-bond donors (Lipinski definition) is 1. The van der Waals surface area contributed by atoms with Gasteiger partial charge in [0, 0.05) is 22.8 Å². The van der Waals surface area contributed by atoms with Crippen LogP contribution in [0.5, 0.6) is 0 Å². The van der Waals surface area contributed by atoms with Gasteiger partial charge >= 0.3 is 0 Å². The van der Waals surface area contributed by atoms with Crippen molar-refractivity contribution in [2.75, 3.05) is 5.73 Å². The molecule has 0 radical (unpaired) electrons. The van der Waals surface area contributed by atoms with Crippen molar-refractivity contribution in [3.63, 3.8) is 0 Å². The lowest BCUT2D eigenvalue weighted by atomic mass is 10.0. The molecule has 3 nitrogen and oxygen atoms in total. The fraction of sp³-hybridized carbons (Fsp3) is 0.0667.